The monoisotopic (exact) mass is 395 g/mol. The summed E-state index contributed by atoms with van der Waals surface area (Å²) >= 11 is 1.19. The van der Waals surface area contributed by atoms with E-state index in [1.807, 2.05) is 18.7 Å². The van der Waals surface area contributed by atoms with Crippen LogP contribution in [0, 0.1) is 6.92 Å². The Morgan fingerprint density at radius 3 is 2.67 bits per heavy atom. The summed E-state index contributed by atoms with van der Waals surface area (Å²) in [6.07, 6.45) is 1.04. The zero-order chi connectivity index (χ0) is 20.1. The smallest absolute Gasteiger partial charge is 0.348 e. The van der Waals surface area contributed by atoms with Crippen LogP contribution in [-0.4, -0.2) is 51.2 Å². The number of aryl methyl sites for hydroxylation is 1. The third-order valence-electron chi connectivity index (χ3n) is 4.29. The third-order valence-corrected chi connectivity index (χ3v) is 5.45. The number of carbonyl (C=O) groups excluding carboxylic acids is 1. The van der Waals surface area contributed by atoms with Crippen molar-refractivity contribution in [2.75, 3.05) is 13.1 Å². The van der Waals surface area contributed by atoms with Gasteiger partial charge in [-0.1, -0.05) is 20.3 Å². The number of hydrogen-bond acceptors (Lipinski definition) is 7. The van der Waals surface area contributed by atoms with Crippen molar-refractivity contribution < 1.29 is 14.6 Å². The summed E-state index contributed by atoms with van der Waals surface area (Å²) in [4.78, 5) is 35.2. The van der Waals surface area contributed by atoms with Crippen LogP contribution in [0.25, 0.3) is 10.2 Å². The fraction of sp³-hybridized carbons (Fsp3) is 0.632. The van der Waals surface area contributed by atoms with Gasteiger partial charge in [-0.15, -0.1) is 11.3 Å². The highest BCUT2D eigenvalue weighted by Gasteiger charge is 2.21. The Morgan fingerprint density at radius 1 is 1.37 bits per heavy atom. The van der Waals surface area contributed by atoms with Gasteiger partial charge in [0.2, 0.25) is 0 Å². The highest BCUT2D eigenvalue weighted by Crippen LogP contribution is 2.28. The second-order valence-corrected chi connectivity index (χ2v) is 7.97. The molecule has 2 rings (SSSR count). The van der Waals surface area contributed by atoms with E-state index in [1.54, 1.807) is 20.8 Å². The molecule has 1 unspecified atom stereocenters. The minimum absolute atomic E-state index is 0.225. The van der Waals surface area contributed by atoms with Gasteiger partial charge in [0.1, 0.15) is 15.5 Å². The number of aliphatic hydroxyl groups excluding tert-OH is 1. The van der Waals surface area contributed by atoms with Gasteiger partial charge in [-0.3, -0.25) is 9.69 Å². The zero-order valence-electron chi connectivity index (χ0n) is 16.7. The Hall–Kier alpha value is -1.77. The molecule has 0 amide bonds. The molecular formula is C19H29N3O4S. The standard InChI is InChI=1S/C19H29N3O4S/c1-6-8-13(23)9-22(7-2)10-14-20-17(24)15-12(5)16(27-18(15)21-14)19(25)26-11(3)4/h11,13,23H,6-10H2,1-5H3,(H,20,21,24). The van der Waals surface area contributed by atoms with Gasteiger partial charge >= 0.3 is 5.97 Å². The molecule has 0 aliphatic carbocycles. The average molecular weight is 396 g/mol. The second-order valence-electron chi connectivity index (χ2n) is 6.97. The molecule has 0 saturated carbocycles. The molecule has 27 heavy (non-hydrogen) atoms. The minimum atomic E-state index is -0.427. The summed E-state index contributed by atoms with van der Waals surface area (Å²) in [5.41, 5.74) is 0.351. The van der Waals surface area contributed by atoms with E-state index in [0.717, 1.165) is 19.4 Å². The van der Waals surface area contributed by atoms with Crippen molar-refractivity contribution in [3.8, 4) is 0 Å². The molecule has 1 atom stereocenters. The van der Waals surface area contributed by atoms with Crippen LogP contribution in [0.2, 0.25) is 0 Å². The zero-order valence-corrected chi connectivity index (χ0v) is 17.5. The number of H-pyrrole nitrogens is 1. The number of fused-ring (bicyclic) bond motifs is 1. The molecule has 7 nitrogen and oxygen atoms in total. The number of ether oxygens (including phenoxy) is 1. The number of likely N-dealkylation sites (N-methyl/N-ethyl adjacent to an activating group) is 1. The molecular weight excluding hydrogens is 366 g/mol. The molecule has 0 aliphatic heterocycles. The van der Waals surface area contributed by atoms with Crippen molar-refractivity contribution in [1.82, 2.24) is 14.9 Å². The van der Waals surface area contributed by atoms with Gasteiger partial charge in [-0.05, 0) is 39.3 Å². The summed E-state index contributed by atoms with van der Waals surface area (Å²) < 4.78 is 5.26. The van der Waals surface area contributed by atoms with Crippen molar-refractivity contribution in [1.29, 1.82) is 0 Å². The van der Waals surface area contributed by atoms with Gasteiger partial charge in [0.25, 0.3) is 5.56 Å². The molecule has 2 heterocycles. The Balaban J connectivity index is 2.30. The molecule has 2 aromatic heterocycles. The van der Waals surface area contributed by atoms with Crippen LogP contribution in [0.1, 0.15) is 61.6 Å². The van der Waals surface area contributed by atoms with Gasteiger partial charge in [-0.2, -0.15) is 0 Å². The van der Waals surface area contributed by atoms with E-state index in [0.29, 0.717) is 39.6 Å². The molecule has 8 heteroatoms. The van der Waals surface area contributed by atoms with E-state index in [-0.39, 0.29) is 11.7 Å². The van der Waals surface area contributed by atoms with Crippen molar-refractivity contribution >= 4 is 27.5 Å². The number of aliphatic hydroxyl groups is 1. The first-order valence-electron chi connectivity index (χ1n) is 9.40. The quantitative estimate of drug-likeness (QED) is 0.634. The number of esters is 1. The number of hydrogen-bond donors (Lipinski definition) is 2. The first-order chi connectivity index (χ1) is 12.8. The maximum Gasteiger partial charge on any atom is 0.348 e. The third kappa shape index (κ3) is 5.37. The van der Waals surface area contributed by atoms with E-state index in [2.05, 4.69) is 9.97 Å². The molecule has 0 aromatic carbocycles. The molecule has 2 aromatic rings. The largest absolute Gasteiger partial charge is 0.459 e. The highest BCUT2D eigenvalue weighted by molar-refractivity contribution is 7.20. The molecule has 0 radical (unpaired) electrons. The van der Waals surface area contributed by atoms with Gasteiger partial charge < -0.3 is 14.8 Å². The fourth-order valence-corrected chi connectivity index (χ4v) is 4.05. The molecule has 0 aliphatic rings. The van der Waals surface area contributed by atoms with Crippen LogP contribution in [0.4, 0.5) is 0 Å². The van der Waals surface area contributed by atoms with Crippen LogP contribution in [0.3, 0.4) is 0 Å². The molecule has 0 spiro atoms. The molecule has 150 valence electrons. The van der Waals surface area contributed by atoms with Gasteiger partial charge in [0.15, 0.2) is 0 Å². The number of carbonyl (C=O) groups is 1. The van der Waals surface area contributed by atoms with E-state index in [9.17, 15) is 14.7 Å². The van der Waals surface area contributed by atoms with Crippen LogP contribution in [0.5, 0.6) is 0 Å². The Labute approximate surface area is 163 Å². The lowest BCUT2D eigenvalue weighted by molar-refractivity contribution is 0.0383. The topological polar surface area (TPSA) is 95.5 Å². The van der Waals surface area contributed by atoms with Crippen molar-refractivity contribution in [3.63, 3.8) is 0 Å². The summed E-state index contributed by atoms with van der Waals surface area (Å²) in [5, 5.41) is 10.5. The maximum atomic E-state index is 12.6. The van der Waals surface area contributed by atoms with Gasteiger partial charge in [0, 0.05) is 6.54 Å². The molecule has 0 bridgehead atoms. The van der Waals surface area contributed by atoms with E-state index >= 15 is 0 Å². The van der Waals surface area contributed by atoms with Crippen LogP contribution in [0.15, 0.2) is 4.79 Å². The Kier molecular flexibility index (Phi) is 7.52. The number of thiophene rings is 1. The summed E-state index contributed by atoms with van der Waals surface area (Å²) in [6.45, 7) is 11.1. The van der Waals surface area contributed by atoms with E-state index < -0.39 is 12.1 Å². The lowest BCUT2D eigenvalue weighted by Crippen LogP contribution is -2.33. The summed E-state index contributed by atoms with van der Waals surface area (Å²) in [7, 11) is 0. The Bertz CT molecular complexity index is 843. The highest BCUT2D eigenvalue weighted by atomic mass is 32.1. The first kappa shape index (κ1) is 21.5. The number of nitrogens with one attached hydrogen (secondary N) is 1. The maximum absolute atomic E-state index is 12.6. The van der Waals surface area contributed by atoms with Crippen molar-refractivity contribution in [3.05, 3.63) is 26.6 Å². The lowest BCUT2D eigenvalue weighted by Gasteiger charge is -2.22. The summed E-state index contributed by atoms with van der Waals surface area (Å²) in [6, 6.07) is 0. The number of aromatic amines is 1. The Morgan fingerprint density at radius 2 is 2.07 bits per heavy atom. The fourth-order valence-electron chi connectivity index (χ4n) is 2.97. The average Bonchev–Trinajstić information content (AvgIpc) is 2.91. The second kappa shape index (κ2) is 9.43. The van der Waals surface area contributed by atoms with Crippen LogP contribution < -0.4 is 5.56 Å². The minimum Gasteiger partial charge on any atom is -0.459 e. The predicted octanol–water partition coefficient (Wildman–Crippen LogP) is 2.84. The van der Waals surface area contributed by atoms with E-state index in [4.69, 9.17) is 4.74 Å². The molecule has 0 saturated heterocycles. The summed E-state index contributed by atoms with van der Waals surface area (Å²) in [5.74, 6) is 0.104. The molecule has 2 N–H and O–H groups in total. The SMILES string of the molecule is CCCC(O)CN(CC)Cc1nc2sc(C(=O)OC(C)C)c(C)c2c(=O)[nH]1. The normalized spacial score (nSPS) is 12.9. The number of rotatable bonds is 9. The van der Waals surface area contributed by atoms with E-state index in [1.165, 1.54) is 11.3 Å². The van der Waals surface area contributed by atoms with Gasteiger partial charge in [-0.25, -0.2) is 9.78 Å². The van der Waals surface area contributed by atoms with Crippen LogP contribution in [-0.2, 0) is 11.3 Å². The van der Waals surface area contributed by atoms with Crippen molar-refractivity contribution in [2.45, 2.75) is 66.2 Å². The van der Waals surface area contributed by atoms with Crippen LogP contribution >= 0.6 is 11.3 Å². The lowest BCUT2D eigenvalue weighted by atomic mass is 10.2. The molecule has 0 fully saturated rings. The van der Waals surface area contributed by atoms with Gasteiger partial charge in [0.05, 0.1) is 24.1 Å². The number of aromatic nitrogens is 2. The predicted molar refractivity (Wildman–Crippen MR) is 107 cm³/mol. The first-order valence-corrected chi connectivity index (χ1v) is 10.2. The number of nitrogens with zero attached hydrogens (tertiary/aromatic N) is 2. The van der Waals surface area contributed by atoms with Crippen molar-refractivity contribution in [2.24, 2.45) is 0 Å².